The molecule has 2 aromatic rings. The summed E-state index contributed by atoms with van der Waals surface area (Å²) in [4.78, 5) is 11.8. The summed E-state index contributed by atoms with van der Waals surface area (Å²) in [6.07, 6.45) is 0. The topological polar surface area (TPSA) is 81.9 Å². The van der Waals surface area contributed by atoms with Crippen molar-refractivity contribution >= 4 is 17.7 Å². The number of hydrogen-bond acceptors (Lipinski definition) is 6. The van der Waals surface area contributed by atoms with Crippen molar-refractivity contribution in [2.45, 2.75) is 31.3 Å². The summed E-state index contributed by atoms with van der Waals surface area (Å²) in [5.74, 6) is 1.00. The lowest BCUT2D eigenvalue weighted by atomic mass is 9.87. The molecule has 0 aliphatic carbocycles. The average Bonchev–Trinajstić information content (AvgIpc) is 2.94. The Kier molecular flexibility index (Phi) is 6.19. The summed E-state index contributed by atoms with van der Waals surface area (Å²) in [6.45, 7) is 7.41. The lowest BCUT2D eigenvalue weighted by molar-refractivity contribution is -0.118. The molecule has 0 saturated heterocycles. The van der Waals surface area contributed by atoms with E-state index in [2.05, 4.69) is 53.7 Å². The second-order valence-corrected chi connectivity index (χ2v) is 7.29. The quantitative estimate of drug-likeness (QED) is 0.606. The number of nitrogens with one attached hydrogen (secondary N) is 1. The zero-order valence-electron chi connectivity index (χ0n) is 14.4. The Balaban J connectivity index is 1.65. The molecule has 0 aliphatic rings. The average molecular weight is 349 g/mol. The number of hydrogen-bond donors (Lipinski definition) is 1. The highest BCUT2D eigenvalue weighted by Crippen LogP contribution is 2.24. The smallest absolute Gasteiger partial charge is 0.230 e. The van der Waals surface area contributed by atoms with Crippen molar-refractivity contribution in [1.82, 2.24) is 25.5 Å². The van der Waals surface area contributed by atoms with Gasteiger partial charge in [-0.15, -0.1) is 5.10 Å². The standard InChI is InChI=1S/C16H23N5O2S/c1-16(2,3)12-5-7-13(8-6-12)23-10-9-17-14(22)11-24-15-18-19-20-21(15)4/h5-8H,9-11H2,1-4H3,(H,17,22). The summed E-state index contributed by atoms with van der Waals surface area (Å²) in [5.41, 5.74) is 1.39. The van der Waals surface area contributed by atoms with Crippen LogP contribution in [0.5, 0.6) is 5.75 Å². The van der Waals surface area contributed by atoms with Crippen molar-refractivity contribution in [3.05, 3.63) is 29.8 Å². The van der Waals surface area contributed by atoms with E-state index in [4.69, 9.17) is 4.74 Å². The summed E-state index contributed by atoms with van der Waals surface area (Å²) in [5, 5.41) is 14.5. The van der Waals surface area contributed by atoms with Crippen LogP contribution in [0, 0.1) is 0 Å². The lowest BCUT2D eigenvalue weighted by Crippen LogP contribution is -2.29. The Morgan fingerprint density at radius 1 is 1.29 bits per heavy atom. The monoisotopic (exact) mass is 349 g/mol. The normalized spacial score (nSPS) is 11.3. The Morgan fingerprint density at radius 2 is 2.00 bits per heavy atom. The number of carbonyl (C=O) groups excluding carboxylic acids is 1. The van der Waals surface area contributed by atoms with Crippen LogP contribution >= 0.6 is 11.8 Å². The number of benzene rings is 1. The molecule has 7 nitrogen and oxygen atoms in total. The zero-order chi connectivity index (χ0) is 17.6. The molecule has 0 atom stereocenters. The van der Waals surface area contributed by atoms with Crippen LogP contribution in [-0.2, 0) is 17.3 Å². The molecular formula is C16H23N5O2S. The van der Waals surface area contributed by atoms with E-state index in [9.17, 15) is 4.79 Å². The third-order valence-electron chi connectivity index (χ3n) is 3.33. The molecule has 1 N–H and O–H groups in total. The summed E-state index contributed by atoms with van der Waals surface area (Å²) >= 11 is 1.29. The largest absolute Gasteiger partial charge is 0.492 e. The van der Waals surface area contributed by atoms with Gasteiger partial charge in [0.25, 0.3) is 0 Å². The van der Waals surface area contributed by atoms with Gasteiger partial charge in [-0.2, -0.15) is 0 Å². The van der Waals surface area contributed by atoms with E-state index in [-0.39, 0.29) is 17.1 Å². The van der Waals surface area contributed by atoms with Gasteiger partial charge >= 0.3 is 0 Å². The van der Waals surface area contributed by atoms with Gasteiger partial charge in [-0.25, -0.2) is 4.68 Å². The van der Waals surface area contributed by atoms with E-state index in [1.54, 1.807) is 7.05 Å². The Labute approximate surface area is 146 Å². The number of thioether (sulfide) groups is 1. The number of ether oxygens (including phenoxy) is 1. The van der Waals surface area contributed by atoms with Crippen molar-refractivity contribution in [2.24, 2.45) is 7.05 Å². The molecule has 0 unspecified atom stereocenters. The Morgan fingerprint density at radius 3 is 2.58 bits per heavy atom. The fourth-order valence-electron chi connectivity index (χ4n) is 1.94. The summed E-state index contributed by atoms with van der Waals surface area (Å²) < 4.78 is 7.17. The van der Waals surface area contributed by atoms with E-state index < -0.39 is 0 Å². The molecule has 0 aliphatic heterocycles. The third kappa shape index (κ3) is 5.52. The van der Waals surface area contributed by atoms with Gasteiger partial charge in [0.15, 0.2) is 0 Å². The molecule has 0 saturated carbocycles. The second kappa shape index (κ2) is 8.14. The number of tetrazole rings is 1. The fraction of sp³-hybridized carbons (Fsp3) is 0.500. The molecule has 0 spiro atoms. The first-order valence-corrected chi connectivity index (χ1v) is 8.70. The van der Waals surface area contributed by atoms with Gasteiger partial charge in [0.05, 0.1) is 12.3 Å². The van der Waals surface area contributed by atoms with Crippen molar-refractivity contribution in [3.8, 4) is 5.75 Å². The molecule has 0 radical (unpaired) electrons. The number of carbonyl (C=O) groups is 1. The minimum Gasteiger partial charge on any atom is -0.492 e. The first kappa shape index (κ1) is 18.3. The lowest BCUT2D eigenvalue weighted by Gasteiger charge is -2.19. The fourth-order valence-corrected chi connectivity index (χ4v) is 2.61. The van der Waals surface area contributed by atoms with Crippen LogP contribution in [0.1, 0.15) is 26.3 Å². The van der Waals surface area contributed by atoms with Crippen LogP contribution in [-0.4, -0.2) is 45.0 Å². The van der Waals surface area contributed by atoms with Gasteiger partial charge < -0.3 is 10.1 Å². The van der Waals surface area contributed by atoms with Gasteiger partial charge in [0.2, 0.25) is 11.1 Å². The number of aromatic nitrogens is 4. The Hall–Kier alpha value is -2.09. The van der Waals surface area contributed by atoms with Crippen LogP contribution in [0.2, 0.25) is 0 Å². The molecule has 1 heterocycles. The molecule has 1 amide bonds. The Bertz CT molecular complexity index is 664. The molecule has 1 aromatic heterocycles. The zero-order valence-corrected chi connectivity index (χ0v) is 15.3. The number of amides is 1. The van der Waals surface area contributed by atoms with Crippen LogP contribution in [0.15, 0.2) is 29.4 Å². The first-order valence-electron chi connectivity index (χ1n) is 7.71. The highest BCUT2D eigenvalue weighted by Gasteiger charge is 2.13. The third-order valence-corrected chi connectivity index (χ3v) is 4.34. The molecule has 8 heteroatoms. The van der Waals surface area contributed by atoms with Crippen molar-refractivity contribution in [1.29, 1.82) is 0 Å². The van der Waals surface area contributed by atoms with Crippen molar-refractivity contribution < 1.29 is 9.53 Å². The maximum absolute atomic E-state index is 11.8. The van der Waals surface area contributed by atoms with Gasteiger partial charge in [0.1, 0.15) is 12.4 Å². The molecule has 1 aromatic carbocycles. The minimum atomic E-state index is -0.0744. The molecule has 24 heavy (non-hydrogen) atoms. The molecular weight excluding hydrogens is 326 g/mol. The maximum atomic E-state index is 11.8. The van der Waals surface area contributed by atoms with E-state index in [1.165, 1.54) is 22.0 Å². The molecule has 0 bridgehead atoms. The molecule has 0 fully saturated rings. The predicted molar refractivity (Wildman–Crippen MR) is 93.2 cm³/mol. The van der Waals surface area contributed by atoms with E-state index in [0.29, 0.717) is 18.3 Å². The van der Waals surface area contributed by atoms with Gasteiger partial charge in [-0.1, -0.05) is 44.7 Å². The van der Waals surface area contributed by atoms with Crippen LogP contribution in [0.3, 0.4) is 0 Å². The summed E-state index contributed by atoms with van der Waals surface area (Å²) in [6, 6.07) is 8.05. The predicted octanol–water partition coefficient (Wildman–Crippen LogP) is 1.79. The number of nitrogens with zero attached hydrogens (tertiary/aromatic N) is 4. The molecule has 2 rings (SSSR count). The minimum absolute atomic E-state index is 0.0744. The van der Waals surface area contributed by atoms with E-state index in [1.807, 2.05) is 12.1 Å². The van der Waals surface area contributed by atoms with E-state index >= 15 is 0 Å². The first-order chi connectivity index (χ1) is 11.4. The number of rotatable bonds is 7. The van der Waals surface area contributed by atoms with E-state index in [0.717, 1.165) is 5.75 Å². The molecule has 130 valence electrons. The summed E-state index contributed by atoms with van der Waals surface area (Å²) in [7, 11) is 1.74. The highest BCUT2D eigenvalue weighted by atomic mass is 32.2. The van der Waals surface area contributed by atoms with Crippen LogP contribution < -0.4 is 10.1 Å². The van der Waals surface area contributed by atoms with Gasteiger partial charge in [-0.05, 0) is 33.5 Å². The SMILES string of the molecule is Cn1nnnc1SCC(=O)NCCOc1ccc(C(C)(C)C)cc1. The highest BCUT2D eigenvalue weighted by molar-refractivity contribution is 7.99. The van der Waals surface area contributed by atoms with Crippen molar-refractivity contribution in [2.75, 3.05) is 18.9 Å². The van der Waals surface area contributed by atoms with Crippen molar-refractivity contribution in [3.63, 3.8) is 0 Å². The second-order valence-electron chi connectivity index (χ2n) is 6.35. The van der Waals surface area contributed by atoms with Crippen LogP contribution in [0.4, 0.5) is 0 Å². The maximum Gasteiger partial charge on any atom is 0.230 e. The van der Waals surface area contributed by atoms with Crippen LogP contribution in [0.25, 0.3) is 0 Å². The van der Waals surface area contributed by atoms with Gasteiger partial charge in [0, 0.05) is 7.05 Å². The number of aryl methyl sites for hydroxylation is 1. The van der Waals surface area contributed by atoms with Gasteiger partial charge in [-0.3, -0.25) is 4.79 Å².